The maximum absolute atomic E-state index is 12.7. The Morgan fingerprint density at radius 3 is 2.30 bits per heavy atom. The van der Waals surface area contributed by atoms with Gasteiger partial charge in [0.1, 0.15) is 0 Å². The Morgan fingerprint density at radius 2 is 1.60 bits per heavy atom. The zero-order chi connectivity index (χ0) is 14.4. The zero-order valence-corrected chi connectivity index (χ0v) is 13.8. The predicted molar refractivity (Wildman–Crippen MR) is 84.9 cm³/mol. The van der Waals surface area contributed by atoms with Crippen LogP contribution >= 0.6 is 0 Å². The van der Waals surface area contributed by atoms with Gasteiger partial charge >= 0.3 is 125 Å². The van der Waals surface area contributed by atoms with E-state index in [1.165, 1.54) is 5.56 Å². The molecule has 106 valence electrons. The van der Waals surface area contributed by atoms with Crippen LogP contribution in [0.15, 0.2) is 54.6 Å². The van der Waals surface area contributed by atoms with E-state index in [2.05, 4.69) is 37.2 Å². The normalized spacial score (nSPS) is 12.6. The summed E-state index contributed by atoms with van der Waals surface area (Å²) in [4.78, 5) is 2.16. The van der Waals surface area contributed by atoms with Crippen molar-refractivity contribution in [2.75, 3.05) is 20.6 Å². The van der Waals surface area contributed by atoms with E-state index in [9.17, 15) is 3.83 Å². The first-order chi connectivity index (χ1) is 9.66. The van der Waals surface area contributed by atoms with Crippen molar-refractivity contribution in [2.24, 2.45) is 0 Å². The van der Waals surface area contributed by atoms with Crippen molar-refractivity contribution in [3.63, 3.8) is 0 Å². The number of hydrogen-bond acceptors (Lipinski definition) is 2. The van der Waals surface area contributed by atoms with Gasteiger partial charge in [0.05, 0.1) is 0 Å². The first-order valence-corrected chi connectivity index (χ1v) is 9.58. The Balaban J connectivity index is 2.13. The molecular formula is C17H21NOSe. The van der Waals surface area contributed by atoms with Crippen molar-refractivity contribution in [3.05, 3.63) is 65.7 Å². The van der Waals surface area contributed by atoms with Crippen molar-refractivity contribution < 1.29 is 3.83 Å². The quantitative estimate of drug-likeness (QED) is 0.755. The van der Waals surface area contributed by atoms with Crippen LogP contribution in [0.25, 0.3) is 0 Å². The molecule has 0 aliphatic rings. The third-order valence-electron chi connectivity index (χ3n) is 3.19. The molecule has 0 spiro atoms. The molecule has 2 aromatic rings. The van der Waals surface area contributed by atoms with Crippen LogP contribution in [0, 0.1) is 0 Å². The number of benzene rings is 2. The van der Waals surface area contributed by atoms with Crippen LogP contribution in [0.5, 0.6) is 0 Å². The predicted octanol–water partition coefficient (Wildman–Crippen LogP) is 2.20. The topological polar surface area (TPSA) is 20.3 Å². The third-order valence-corrected chi connectivity index (χ3v) is 6.30. The van der Waals surface area contributed by atoms with E-state index in [-0.39, 0.29) is 0 Å². The Kier molecular flexibility index (Phi) is 5.66. The molecule has 3 heteroatoms. The standard InChI is InChI=1S/C17H21NOSe/c1-18(2)13-12-16-10-6-7-11-17(16)20(19)14-15-8-4-3-5-9-15/h3-11H,12-14H2,1-2H3. The second kappa shape index (κ2) is 7.49. The summed E-state index contributed by atoms with van der Waals surface area (Å²) in [6, 6.07) is 18.3. The molecule has 2 nitrogen and oxygen atoms in total. The fourth-order valence-electron chi connectivity index (χ4n) is 2.08. The molecule has 0 heterocycles. The molecule has 0 fully saturated rings. The molecule has 0 N–H and O–H groups in total. The van der Waals surface area contributed by atoms with Gasteiger partial charge in [0.15, 0.2) is 0 Å². The van der Waals surface area contributed by atoms with Gasteiger partial charge in [0.2, 0.25) is 0 Å². The number of rotatable bonds is 6. The summed E-state index contributed by atoms with van der Waals surface area (Å²) >= 11 is -2.01. The molecule has 20 heavy (non-hydrogen) atoms. The molecular weight excluding hydrogens is 313 g/mol. The van der Waals surface area contributed by atoms with E-state index in [0.29, 0.717) is 5.32 Å². The number of hydrogen-bond donors (Lipinski definition) is 0. The van der Waals surface area contributed by atoms with E-state index in [1.807, 2.05) is 36.4 Å². The monoisotopic (exact) mass is 335 g/mol. The Hall–Kier alpha value is -1.28. The maximum atomic E-state index is 12.7. The molecule has 2 aromatic carbocycles. The van der Waals surface area contributed by atoms with Crippen LogP contribution in [-0.4, -0.2) is 39.4 Å². The first kappa shape index (κ1) is 15.1. The van der Waals surface area contributed by atoms with E-state index in [4.69, 9.17) is 0 Å². The number of likely N-dealkylation sites (N-methyl/N-ethyl adjacent to an activating group) is 1. The van der Waals surface area contributed by atoms with Crippen molar-refractivity contribution in [3.8, 4) is 0 Å². The Morgan fingerprint density at radius 1 is 0.950 bits per heavy atom. The minimum absolute atomic E-state index is 0.680. The fraction of sp³-hybridized carbons (Fsp3) is 0.294. The van der Waals surface area contributed by atoms with Gasteiger partial charge in [-0.25, -0.2) is 0 Å². The second-order valence-electron chi connectivity index (χ2n) is 5.14. The number of nitrogens with zero attached hydrogens (tertiary/aromatic N) is 1. The molecule has 0 bridgehead atoms. The fourth-order valence-corrected chi connectivity index (χ4v) is 4.90. The third kappa shape index (κ3) is 4.38. The average Bonchev–Trinajstić information content (AvgIpc) is 2.46. The first-order valence-electron chi connectivity index (χ1n) is 6.82. The van der Waals surface area contributed by atoms with E-state index in [0.717, 1.165) is 23.0 Å². The van der Waals surface area contributed by atoms with Crippen molar-refractivity contribution in [1.29, 1.82) is 0 Å². The minimum atomic E-state index is -2.01. The SMILES string of the molecule is CN(C)CCc1ccccc1[Se](=O)Cc1ccccc1. The Bertz CT molecular complexity index is 566. The van der Waals surface area contributed by atoms with E-state index < -0.39 is 13.8 Å². The van der Waals surface area contributed by atoms with Crippen molar-refractivity contribution in [2.45, 2.75) is 11.7 Å². The van der Waals surface area contributed by atoms with Crippen LogP contribution in [-0.2, 0) is 15.6 Å². The average molecular weight is 334 g/mol. The summed E-state index contributed by atoms with van der Waals surface area (Å²) in [5.74, 6) is 0. The second-order valence-corrected chi connectivity index (χ2v) is 8.11. The molecule has 1 unspecified atom stereocenters. The van der Waals surface area contributed by atoms with Gasteiger partial charge in [-0.2, -0.15) is 0 Å². The molecule has 0 aliphatic heterocycles. The molecule has 0 radical (unpaired) electrons. The molecule has 0 aliphatic carbocycles. The van der Waals surface area contributed by atoms with Crippen molar-refractivity contribution >= 4 is 18.3 Å². The van der Waals surface area contributed by atoms with Gasteiger partial charge in [0, 0.05) is 0 Å². The summed E-state index contributed by atoms with van der Waals surface area (Å²) in [6.45, 7) is 0.987. The van der Waals surface area contributed by atoms with E-state index >= 15 is 0 Å². The summed E-state index contributed by atoms with van der Waals surface area (Å²) in [6.07, 6.45) is 0.959. The summed E-state index contributed by atoms with van der Waals surface area (Å²) in [7, 11) is 4.13. The van der Waals surface area contributed by atoms with Crippen LogP contribution in [0.3, 0.4) is 0 Å². The molecule has 0 amide bonds. The van der Waals surface area contributed by atoms with E-state index in [1.54, 1.807) is 0 Å². The van der Waals surface area contributed by atoms with Crippen molar-refractivity contribution in [1.82, 2.24) is 4.90 Å². The zero-order valence-electron chi connectivity index (χ0n) is 12.1. The van der Waals surface area contributed by atoms with Crippen LogP contribution in [0.4, 0.5) is 0 Å². The van der Waals surface area contributed by atoms with Gasteiger partial charge < -0.3 is 0 Å². The molecule has 1 atom stereocenters. The summed E-state index contributed by atoms with van der Waals surface area (Å²) < 4.78 is 13.7. The van der Waals surface area contributed by atoms with Crippen LogP contribution < -0.4 is 4.46 Å². The molecule has 2 rings (SSSR count). The van der Waals surface area contributed by atoms with Gasteiger partial charge in [-0.15, -0.1) is 0 Å². The van der Waals surface area contributed by atoms with Crippen LogP contribution in [0.2, 0.25) is 0 Å². The van der Waals surface area contributed by atoms with Gasteiger partial charge in [-0.3, -0.25) is 0 Å². The van der Waals surface area contributed by atoms with Gasteiger partial charge in [0.25, 0.3) is 0 Å². The summed E-state index contributed by atoms with van der Waals surface area (Å²) in [5, 5.41) is 0.680. The Labute approximate surface area is 125 Å². The van der Waals surface area contributed by atoms with Gasteiger partial charge in [-0.1, -0.05) is 0 Å². The molecule has 0 saturated heterocycles. The van der Waals surface area contributed by atoms with Crippen LogP contribution in [0.1, 0.15) is 11.1 Å². The summed E-state index contributed by atoms with van der Waals surface area (Å²) in [5.41, 5.74) is 2.40. The molecule has 0 saturated carbocycles. The molecule has 0 aromatic heterocycles. The van der Waals surface area contributed by atoms with Gasteiger partial charge in [-0.05, 0) is 0 Å².